The van der Waals surface area contributed by atoms with Crippen molar-refractivity contribution < 1.29 is 31.6 Å². The Morgan fingerprint density at radius 1 is 1.10 bits per heavy atom. The molecular weight excluding hydrogens is 591 g/mol. The van der Waals surface area contributed by atoms with Crippen molar-refractivity contribution in [2.24, 2.45) is 0 Å². The van der Waals surface area contributed by atoms with Crippen molar-refractivity contribution in [1.82, 2.24) is 5.32 Å². The summed E-state index contributed by atoms with van der Waals surface area (Å²) in [6.07, 6.45) is 1.80. The van der Waals surface area contributed by atoms with Crippen LogP contribution in [0.3, 0.4) is 0 Å². The summed E-state index contributed by atoms with van der Waals surface area (Å²) >= 11 is 3.27. The molecule has 0 spiro atoms. The predicted octanol–water partition coefficient (Wildman–Crippen LogP) is 5.97. The minimum Gasteiger partial charge on any atom is -0.465 e. The largest absolute Gasteiger partial charge is 0.465 e. The number of hydrogen-bond donors (Lipinski definition) is 2. The number of carbonyl (C=O) groups excluding carboxylic acids is 2. The second kappa shape index (κ2) is 10.5. The van der Waals surface area contributed by atoms with Crippen LogP contribution in [0, 0.1) is 5.82 Å². The standard InChI is InChI=1S/C28H24BrFN2O6S/c1-31-27(33)25-22-13-20(15-3-4-15)17(11-24(22)38-26(25)16-5-7-18(30)8-6-16)14-39(35,36)32-19-9-10-23(29)21(12-19)28(34)37-2/h5-13,15,32H,3-4,14H2,1-2H3,(H,31,33). The predicted molar refractivity (Wildman–Crippen MR) is 149 cm³/mol. The summed E-state index contributed by atoms with van der Waals surface area (Å²) in [5.41, 5.74) is 2.94. The van der Waals surface area contributed by atoms with Crippen molar-refractivity contribution in [2.75, 3.05) is 18.9 Å². The van der Waals surface area contributed by atoms with Gasteiger partial charge in [-0.25, -0.2) is 17.6 Å². The van der Waals surface area contributed by atoms with Crippen LogP contribution in [0.25, 0.3) is 22.3 Å². The van der Waals surface area contributed by atoms with E-state index in [-0.39, 0.29) is 34.6 Å². The number of rotatable bonds is 8. The molecule has 1 aromatic heterocycles. The number of carbonyl (C=O) groups is 2. The number of esters is 1. The molecule has 3 aromatic carbocycles. The van der Waals surface area contributed by atoms with E-state index in [1.54, 1.807) is 12.1 Å². The molecule has 1 saturated carbocycles. The van der Waals surface area contributed by atoms with Crippen molar-refractivity contribution in [3.8, 4) is 11.3 Å². The van der Waals surface area contributed by atoms with Gasteiger partial charge in [-0.05, 0) is 100 Å². The Labute approximate surface area is 232 Å². The normalized spacial score (nSPS) is 13.3. The number of benzene rings is 3. The fraction of sp³-hybridized carbons (Fsp3) is 0.214. The average Bonchev–Trinajstić information content (AvgIpc) is 3.69. The highest BCUT2D eigenvalue weighted by atomic mass is 79.9. The Balaban J connectivity index is 1.55. The monoisotopic (exact) mass is 614 g/mol. The van der Waals surface area contributed by atoms with Crippen molar-refractivity contribution in [1.29, 1.82) is 0 Å². The van der Waals surface area contributed by atoms with Crippen molar-refractivity contribution >= 4 is 54.5 Å². The Morgan fingerprint density at radius 2 is 1.82 bits per heavy atom. The summed E-state index contributed by atoms with van der Waals surface area (Å²) in [5, 5.41) is 3.19. The highest BCUT2D eigenvalue weighted by Gasteiger charge is 2.31. The molecule has 0 bridgehead atoms. The summed E-state index contributed by atoms with van der Waals surface area (Å²) < 4.78 is 53.9. The van der Waals surface area contributed by atoms with Gasteiger partial charge < -0.3 is 14.5 Å². The van der Waals surface area contributed by atoms with Gasteiger partial charge in [0.05, 0.1) is 24.0 Å². The van der Waals surface area contributed by atoms with Crippen LogP contribution < -0.4 is 10.0 Å². The summed E-state index contributed by atoms with van der Waals surface area (Å²) in [5.74, 6) is -1.30. The molecule has 11 heteroatoms. The zero-order chi connectivity index (χ0) is 27.9. The molecule has 2 N–H and O–H groups in total. The molecule has 0 saturated heterocycles. The lowest BCUT2D eigenvalue weighted by Crippen LogP contribution is -2.18. The van der Waals surface area contributed by atoms with E-state index in [4.69, 9.17) is 9.15 Å². The second-order valence-electron chi connectivity index (χ2n) is 9.26. The Bertz CT molecular complexity index is 1710. The molecule has 39 heavy (non-hydrogen) atoms. The highest BCUT2D eigenvalue weighted by molar-refractivity contribution is 9.10. The summed E-state index contributed by atoms with van der Waals surface area (Å²) in [6, 6.07) is 13.6. The van der Waals surface area contributed by atoms with E-state index in [0.29, 0.717) is 32.1 Å². The van der Waals surface area contributed by atoms with Gasteiger partial charge in [0.1, 0.15) is 17.2 Å². The number of sulfonamides is 1. The van der Waals surface area contributed by atoms with E-state index in [1.165, 1.54) is 50.6 Å². The molecule has 4 aromatic rings. The van der Waals surface area contributed by atoms with Gasteiger partial charge in [0.25, 0.3) is 5.91 Å². The number of halogens is 2. The first kappa shape index (κ1) is 26.9. The maximum atomic E-state index is 13.5. The van der Waals surface area contributed by atoms with E-state index >= 15 is 0 Å². The minimum atomic E-state index is -3.91. The summed E-state index contributed by atoms with van der Waals surface area (Å²) in [7, 11) is -1.15. The smallest absolute Gasteiger partial charge is 0.339 e. The Hall–Kier alpha value is -3.70. The highest BCUT2D eigenvalue weighted by Crippen LogP contribution is 2.45. The van der Waals surface area contributed by atoms with Gasteiger partial charge in [-0.1, -0.05) is 0 Å². The van der Waals surface area contributed by atoms with Crippen LogP contribution in [-0.2, 0) is 20.5 Å². The van der Waals surface area contributed by atoms with E-state index in [1.807, 2.05) is 6.07 Å². The summed E-state index contributed by atoms with van der Waals surface area (Å²) in [6.45, 7) is 0. The third-order valence-corrected chi connectivity index (χ3v) is 8.45. The molecular formula is C28H24BrFN2O6S. The molecule has 0 radical (unpaired) electrons. The fourth-order valence-electron chi connectivity index (χ4n) is 4.53. The number of anilines is 1. The van der Waals surface area contributed by atoms with Gasteiger partial charge in [0.2, 0.25) is 10.0 Å². The van der Waals surface area contributed by atoms with Gasteiger partial charge in [-0.2, -0.15) is 0 Å². The van der Waals surface area contributed by atoms with Crippen LogP contribution in [0.5, 0.6) is 0 Å². The second-order valence-corrected chi connectivity index (χ2v) is 11.8. The lowest BCUT2D eigenvalue weighted by atomic mass is 9.98. The number of fused-ring (bicyclic) bond motifs is 1. The van der Waals surface area contributed by atoms with Crippen LogP contribution in [0.15, 0.2) is 63.5 Å². The van der Waals surface area contributed by atoms with Gasteiger partial charge in [0, 0.05) is 28.2 Å². The molecule has 1 fully saturated rings. The van der Waals surface area contributed by atoms with Crippen LogP contribution in [0.4, 0.5) is 10.1 Å². The van der Waals surface area contributed by atoms with Gasteiger partial charge in [0.15, 0.2) is 0 Å². The number of hydrogen-bond acceptors (Lipinski definition) is 6. The quantitative estimate of drug-likeness (QED) is 0.236. The lowest BCUT2D eigenvalue weighted by molar-refractivity contribution is 0.0599. The van der Waals surface area contributed by atoms with Crippen LogP contribution in [-0.4, -0.2) is 34.5 Å². The van der Waals surface area contributed by atoms with E-state index in [2.05, 4.69) is 26.0 Å². The Kier molecular flexibility index (Phi) is 7.21. The molecule has 1 heterocycles. The first-order valence-corrected chi connectivity index (χ1v) is 14.5. The van der Waals surface area contributed by atoms with Crippen LogP contribution in [0.1, 0.15) is 50.6 Å². The van der Waals surface area contributed by atoms with E-state index in [0.717, 1.165) is 18.4 Å². The average molecular weight is 615 g/mol. The topological polar surface area (TPSA) is 115 Å². The molecule has 1 amide bonds. The maximum Gasteiger partial charge on any atom is 0.339 e. The van der Waals surface area contributed by atoms with Crippen LogP contribution >= 0.6 is 15.9 Å². The molecule has 8 nitrogen and oxygen atoms in total. The van der Waals surface area contributed by atoms with Crippen molar-refractivity contribution in [2.45, 2.75) is 24.5 Å². The zero-order valence-corrected chi connectivity index (χ0v) is 23.4. The van der Waals surface area contributed by atoms with E-state index in [9.17, 15) is 22.4 Å². The van der Waals surface area contributed by atoms with E-state index < -0.39 is 21.8 Å². The van der Waals surface area contributed by atoms with Crippen molar-refractivity contribution in [3.63, 3.8) is 0 Å². The fourth-order valence-corrected chi connectivity index (χ4v) is 6.16. The number of ether oxygens (including phenoxy) is 1. The zero-order valence-electron chi connectivity index (χ0n) is 21.0. The number of amides is 1. The summed E-state index contributed by atoms with van der Waals surface area (Å²) in [4.78, 5) is 24.9. The maximum absolute atomic E-state index is 13.5. The molecule has 202 valence electrons. The number of furan rings is 1. The third-order valence-electron chi connectivity index (χ3n) is 6.52. The molecule has 5 rings (SSSR count). The first-order valence-electron chi connectivity index (χ1n) is 12.1. The number of methoxy groups -OCH3 is 1. The number of nitrogens with one attached hydrogen (secondary N) is 2. The molecule has 0 atom stereocenters. The van der Waals surface area contributed by atoms with Gasteiger partial charge in [-0.3, -0.25) is 9.52 Å². The molecule has 1 aliphatic carbocycles. The first-order chi connectivity index (χ1) is 18.6. The van der Waals surface area contributed by atoms with Gasteiger partial charge >= 0.3 is 5.97 Å². The minimum absolute atomic E-state index is 0.167. The van der Waals surface area contributed by atoms with Crippen LogP contribution in [0.2, 0.25) is 0 Å². The van der Waals surface area contributed by atoms with Crippen molar-refractivity contribution in [3.05, 3.63) is 87.1 Å². The Morgan fingerprint density at radius 3 is 2.46 bits per heavy atom. The molecule has 1 aliphatic rings. The molecule has 0 unspecified atom stereocenters. The molecule has 0 aliphatic heterocycles. The third kappa shape index (κ3) is 5.55. The van der Waals surface area contributed by atoms with Gasteiger partial charge in [-0.15, -0.1) is 0 Å². The SMILES string of the molecule is CNC(=O)c1c(-c2ccc(F)cc2)oc2cc(CS(=O)(=O)Nc3ccc(Br)c(C(=O)OC)c3)c(C3CC3)cc12. The lowest BCUT2D eigenvalue weighted by Gasteiger charge is -2.13.